The van der Waals surface area contributed by atoms with E-state index in [4.69, 9.17) is 9.47 Å². The molecular formula is C22H28N2O5S. The van der Waals surface area contributed by atoms with Crippen molar-refractivity contribution in [2.75, 3.05) is 26.8 Å². The molecule has 162 valence electrons. The molecule has 1 aliphatic rings. The summed E-state index contributed by atoms with van der Waals surface area (Å²) in [6, 6.07) is 13.9. The van der Waals surface area contributed by atoms with Gasteiger partial charge in [-0.3, -0.25) is 4.79 Å². The SMILES string of the molecule is CCOc1ccc(CNC(=O)[C@H]2CCCN(S(=O)(=O)c3ccc(OC)cc3)C2)cc1. The third-order valence-electron chi connectivity index (χ3n) is 5.15. The van der Waals surface area contributed by atoms with E-state index in [-0.39, 0.29) is 23.3 Å². The molecule has 30 heavy (non-hydrogen) atoms. The lowest BCUT2D eigenvalue weighted by molar-refractivity contribution is -0.126. The number of sulfonamides is 1. The molecular weight excluding hydrogens is 404 g/mol. The van der Waals surface area contributed by atoms with E-state index in [1.54, 1.807) is 12.1 Å². The number of hydrogen-bond donors (Lipinski definition) is 1. The second kappa shape index (κ2) is 9.95. The number of hydrogen-bond acceptors (Lipinski definition) is 5. The fourth-order valence-corrected chi connectivity index (χ4v) is 5.00. The first-order valence-corrected chi connectivity index (χ1v) is 11.5. The normalized spacial score (nSPS) is 17.3. The molecule has 2 aromatic rings. The molecule has 1 atom stereocenters. The summed E-state index contributed by atoms with van der Waals surface area (Å²) in [5, 5.41) is 2.93. The van der Waals surface area contributed by atoms with Gasteiger partial charge in [0.2, 0.25) is 15.9 Å². The standard InChI is InChI=1S/C22H28N2O5S/c1-3-29-20-8-6-17(7-9-20)15-23-22(25)18-5-4-14-24(16-18)30(26,27)21-12-10-19(28-2)11-13-21/h6-13,18H,3-5,14-16H2,1-2H3,(H,23,25)/t18-/m0/s1. The van der Waals surface area contributed by atoms with E-state index < -0.39 is 10.0 Å². The Morgan fingerprint density at radius 1 is 1.10 bits per heavy atom. The first-order chi connectivity index (χ1) is 14.4. The van der Waals surface area contributed by atoms with Crippen molar-refractivity contribution >= 4 is 15.9 Å². The number of carbonyl (C=O) groups excluding carboxylic acids is 1. The van der Waals surface area contributed by atoms with Crippen LogP contribution < -0.4 is 14.8 Å². The Balaban J connectivity index is 1.59. The number of ether oxygens (including phenoxy) is 2. The first kappa shape index (κ1) is 22.1. The molecule has 0 bridgehead atoms. The number of nitrogens with zero attached hydrogens (tertiary/aromatic N) is 1. The predicted octanol–water partition coefficient (Wildman–Crippen LogP) is 2.81. The van der Waals surface area contributed by atoms with Crippen LogP contribution in [0.3, 0.4) is 0 Å². The Morgan fingerprint density at radius 3 is 2.40 bits per heavy atom. The average molecular weight is 433 g/mol. The third-order valence-corrected chi connectivity index (χ3v) is 7.03. The molecule has 7 nitrogen and oxygen atoms in total. The van der Waals surface area contributed by atoms with Gasteiger partial charge in [0, 0.05) is 19.6 Å². The van der Waals surface area contributed by atoms with Crippen LogP contribution in [0, 0.1) is 5.92 Å². The van der Waals surface area contributed by atoms with Gasteiger partial charge in [-0.25, -0.2) is 8.42 Å². The highest BCUT2D eigenvalue weighted by Crippen LogP contribution is 2.25. The second-order valence-corrected chi connectivity index (χ2v) is 9.11. The number of carbonyl (C=O) groups is 1. The van der Waals surface area contributed by atoms with Crippen molar-refractivity contribution in [1.82, 2.24) is 9.62 Å². The molecule has 1 saturated heterocycles. The van der Waals surface area contributed by atoms with Crippen molar-refractivity contribution in [1.29, 1.82) is 0 Å². The summed E-state index contributed by atoms with van der Waals surface area (Å²) in [6.07, 6.45) is 1.32. The molecule has 1 heterocycles. The number of rotatable bonds is 8. The maximum atomic E-state index is 13.0. The van der Waals surface area contributed by atoms with Crippen LogP contribution >= 0.6 is 0 Å². The van der Waals surface area contributed by atoms with Crippen LogP contribution in [0.1, 0.15) is 25.3 Å². The van der Waals surface area contributed by atoms with E-state index in [9.17, 15) is 13.2 Å². The zero-order chi connectivity index (χ0) is 21.6. The number of nitrogens with one attached hydrogen (secondary N) is 1. The first-order valence-electron chi connectivity index (χ1n) is 10.1. The molecule has 1 amide bonds. The smallest absolute Gasteiger partial charge is 0.243 e. The molecule has 0 radical (unpaired) electrons. The number of amides is 1. The van der Waals surface area contributed by atoms with E-state index in [1.807, 2.05) is 31.2 Å². The molecule has 1 aliphatic heterocycles. The molecule has 0 spiro atoms. The molecule has 2 aromatic carbocycles. The summed E-state index contributed by atoms with van der Waals surface area (Å²) < 4.78 is 37.8. The Bertz CT molecular complexity index is 942. The molecule has 1 fully saturated rings. The lowest BCUT2D eigenvalue weighted by Crippen LogP contribution is -2.45. The summed E-state index contributed by atoms with van der Waals surface area (Å²) in [7, 11) is -2.11. The van der Waals surface area contributed by atoms with Crippen molar-refractivity contribution in [3.05, 3.63) is 54.1 Å². The van der Waals surface area contributed by atoms with E-state index in [2.05, 4.69) is 5.32 Å². The lowest BCUT2D eigenvalue weighted by Gasteiger charge is -2.31. The molecule has 0 aliphatic carbocycles. The summed E-state index contributed by atoms with van der Waals surface area (Å²) in [5.74, 6) is 0.895. The minimum Gasteiger partial charge on any atom is -0.497 e. The number of benzene rings is 2. The Hall–Kier alpha value is -2.58. The van der Waals surface area contributed by atoms with E-state index in [0.29, 0.717) is 38.3 Å². The highest BCUT2D eigenvalue weighted by atomic mass is 32.2. The summed E-state index contributed by atoms with van der Waals surface area (Å²) in [6.45, 7) is 3.53. The average Bonchev–Trinajstić information content (AvgIpc) is 2.78. The van der Waals surface area contributed by atoms with Gasteiger partial charge in [0.15, 0.2) is 0 Å². The number of piperidine rings is 1. The number of methoxy groups -OCH3 is 1. The van der Waals surface area contributed by atoms with Crippen LogP contribution in [0.15, 0.2) is 53.4 Å². The monoisotopic (exact) mass is 432 g/mol. The molecule has 1 N–H and O–H groups in total. The lowest BCUT2D eigenvalue weighted by atomic mass is 9.99. The minimum atomic E-state index is -3.65. The van der Waals surface area contributed by atoms with Crippen molar-refractivity contribution < 1.29 is 22.7 Å². The topological polar surface area (TPSA) is 84.9 Å². The highest BCUT2D eigenvalue weighted by Gasteiger charge is 2.33. The van der Waals surface area contributed by atoms with Gasteiger partial charge in [0.1, 0.15) is 11.5 Å². The van der Waals surface area contributed by atoms with Gasteiger partial charge >= 0.3 is 0 Å². The second-order valence-electron chi connectivity index (χ2n) is 7.17. The van der Waals surface area contributed by atoms with Crippen LogP contribution in [0.4, 0.5) is 0 Å². The van der Waals surface area contributed by atoms with E-state index in [1.165, 1.54) is 23.5 Å². The predicted molar refractivity (Wildman–Crippen MR) is 114 cm³/mol. The zero-order valence-corrected chi connectivity index (χ0v) is 18.2. The molecule has 0 saturated carbocycles. The Labute approximate surface area is 178 Å². The largest absolute Gasteiger partial charge is 0.497 e. The zero-order valence-electron chi connectivity index (χ0n) is 17.3. The summed E-state index contributed by atoms with van der Waals surface area (Å²) >= 11 is 0. The van der Waals surface area contributed by atoms with Gasteiger partial charge in [-0.1, -0.05) is 12.1 Å². The van der Waals surface area contributed by atoms with E-state index >= 15 is 0 Å². The minimum absolute atomic E-state index is 0.126. The van der Waals surface area contributed by atoms with Crippen LogP contribution in [-0.2, 0) is 21.4 Å². The van der Waals surface area contributed by atoms with Gasteiger partial charge in [0.05, 0.1) is 24.5 Å². The van der Waals surface area contributed by atoms with Crippen LogP contribution in [0.2, 0.25) is 0 Å². The summed E-state index contributed by atoms with van der Waals surface area (Å²) in [4.78, 5) is 12.9. The maximum Gasteiger partial charge on any atom is 0.243 e. The fourth-order valence-electron chi connectivity index (χ4n) is 3.48. The van der Waals surface area contributed by atoms with Crippen molar-refractivity contribution in [2.45, 2.75) is 31.2 Å². The highest BCUT2D eigenvalue weighted by molar-refractivity contribution is 7.89. The maximum absolute atomic E-state index is 13.0. The van der Waals surface area contributed by atoms with Crippen LogP contribution in [0.5, 0.6) is 11.5 Å². The fraction of sp³-hybridized carbons (Fsp3) is 0.409. The summed E-state index contributed by atoms with van der Waals surface area (Å²) in [5.41, 5.74) is 0.963. The van der Waals surface area contributed by atoms with Crippen molar-refractivity contribution in [3.8, 4) is 11.5 Å². The Morgan fingerprint density at radius 2 is 1.77 bits per heavy atom. The third kappa shape index (κ3) is 5.31. The Kier molecular flexibility index (Phi) is 7.33. The van der Waals surface area contributed by atoms with Gasteiger partial charge in [-0.05, 0) is 61.7 Å². The molecule has 8 heteroatoms. The van der Waals surface area contributed by atoms with Gasteiger partial charge in [-0.2, -0.15) is 4.31 Å². The van der Waals surface area contributed by atoms with Gasteiger partial charge in [0.25, 0.3) is 0 Å². The molecule has 3 rings (SSSR count). The van der Waals surface area contributed by atoms with Crippen LogP contribution in [-0.4, -0.2) is 45.4 Å². The van der Waals surface area contributed by atoms with Gasteiger partial charge < -0.3 is 14.8 Å². The van der Waals surface area contributed by atoms with Crippen molar-refractivity contribution in [3.63, 3.8) is 0 Å². The molecule has 0 unspecified atom stereocenters. The van der Waals surface area contributed by atoms with E-state index in [0.717, 1.165) is 11.3 Å². The van der Waals surface area contributed by atoms with Gasteiger partial charge in [-0.15, -0.1) is 0 Å². The quantitative estimate of drug-likeness (QED) is 0.693. The molecule has 0 aromatic heterocycles. The van der Waals surface area contributed by atoms with Crippen molar-refractivity contribution in [2.24, 2.45) is 5.92 Å². The van der Waals surface area contributed by atoms with Crippen LogP contribution in [0.25, 0.3) is 0 Å².